The molecule has 3 nitrogen and oxygen atoms in total. The summed E-state index contributed by atoms with van der Waals surface area (Å²) in [5, 5.41) is 0. The topological polar surface area (TPSA) is 35.5 Å². The molecule has 0 saturated carbocycles. The molecule has 1 fully saturated rings. The van der Waals surface area contributed by atoms with E-state index in [1.165, 1.54) is 11.8 Å². The lowest BCUT2D eigenvalue weighted by atomic mass is 9.94. The van der Waals surface area contributed by atoms with Crippen molar-refractivity contribution in [3.63, 3.8) is 0 Å². The SMILES string of the molecule is CC(=O)OC1C(C)CC(Sc2ccccc2)OC1C. The predicted molar refractivity (Wildman–Crippen MR) is 76.0 cm³/mol. The summed E-state index contributed by atoms with van der Waals surface area (Å²) in [6.45, 7) is 5.54. The first kappa shape index (κ1) is 14.4. The summed E-state index contributed by atoms with van der Waals surface area (Å²) < 4.78 is 11.3. The molecule has 1 saturated heterocycles. The van der Waals surface area contributed by atoms with Crippen LogP contribution in [0, 0.1) is 5.92 Å². The summed E-state index contributed by atoms with van der Waals surface area (Å²) >= 11 is 1.73. The average Bonchev–Trinajstić information content (AvgIpc) is 2.35. The third-order valence-corrected chi connectivity index (χ3v) is 4.38. The lowest BCUT2D eigenvalue weighted by Gasteiger charge is -2.38. The highest BCUT2D eigenvalue weighted by Gasteiger charge is 2.36. The number of thioether (sulfide) groups is 1. The van der Waals surface area contributed by atoms with E-state index in [9.17, 15) is 4.79 Å². The highest BCUT2D eigenvalue weighted by atomic mass is 32.2. The van der Waals surface area contributed by atoms with Crippen LogP contribution in [0.1, 0.15) is 27.2 Å². The Morgan fingerprint density at radius 2 is 2.00 bits per heavy atom. The number of benzene rings is 1. The van der Waals surface area contributed by atoms with Crippen molar-refractivity contribution in [2.24, 2.45) is 5.92 Å². The Labute approximate surface area is 118 Å². The van der Waals surface area contributed by atoms with Crippen LogP contribution in [0.25, 0.3) is 0 Å². The minimum Gasteiger partial charge on any atom is -0.460 e. The summed E-state index contributed by atoms with van der Waals surface area (Å²) in [7, 11) is 0. The van der Waals surface area contributed by atoms with E-state index in [4.69, 9.17) is 9.47 Å². The van der Waals surface area contributed by atoms with Crippen LogP contribution in [-0.4, -0.2) is 23.6 Å². The van der Waals surface area contributed by atoms with Gasteiger partial charge in [-0.05, 0) is 31.4 Å². The quantitative estimate of drug-likeness (QED) is 0.794. The van der Waals surface area contributed by atoms with Gasteiger partial charge in [-0.1, -0.05) is 36.9 Å². The van der Waals surface area contributed by atoms with Gasteiger partial charge < -0.3 is 9.47 Å². The zero-order valence-corrected chi connectivity index (χ0v) is 12.4. The zero-order chi connectivity index (χ0) is 13.8. The van der Waals surface area contributed by atoms with Crippen molar-refractivity contribution in [2.75, 3.05) is 0 Å². The van der Waals surface area contributed by atoms with Crippen molar-refractivity contribution < 1.29 is 14.3 Å². The van der Waals surface area contributed by atoms with Gasteiger partial charge in [-0.15, -0.1) is 0 Å². The Bertz CT molecular complexity index is 409. The van der Waals surface area contributed by atoms with E-state index in [1.807, 2.05) is 25.1 Å². The fourth-order valence-electron chi connectivity index (χ4n) is 2.40. The van der Waals surface area contributed by atoms with E-state index in [0.29, 0.717) is 5.92 Å². The fraction of sp³-hybridized carbons (Fsp3) is 0.533. The van der Waals surface area contributed by atoms with E-state index >= 15 is 0 Å². The molecule has 1 aromatic rings. The van der Waals surface area contributed by atoms with Crippen LogP contribution >= 0.6 is 11.8 Å². The van der Waals surface area contributed by atoms with Crippen molar-refractivity contribution in [3.05, 3.63) is 30.3 Å². The third-order valence-electron chi connectivity index (χ3n) is 3.27. The zero-order valence-electron chi connectivity index (χ0n) is 11.5. The number of hydrogen-bond acceptors (Lipinski definition) is 4. The van der Waals surface area contributed by atoms with Gasteiger partial charge in [0.2, 0.25) is 0 Å². The average molecular weight is 280 g/mol. The standard InChI is InChI=1S/C15H20O3S/c1-10-9-14(19-13-7-5-4-6-8-13)17-11(2)15(10)18-12(3)16/h4-8,10-11,14-15H,9H2,1-3H3. The van der Waals surface area contributed by atoms with Crippen LogP contribution in [0.2, 0.25) is 0 Å². The van der Waals surface area contributed by atoms with Crippen molar-refractivity contribution in [2.45, 2.75) is 49.7 Å². The van der Waals surface area contributed by atoms with Crippen LogP contribution < -0.4 is 0 Å². The molecule has 0 amide bonds. The number of carbonyl (C=O) groups is 1. The second kappa shape index (κ2) is 6.44. The molecular formula is C15H20O3S. The molecule has 4 heteroatoms. The smallest absolute Gasteiger partial charge is 0.303 e. The highest BCUT2D eigenvalue weighted by Crippen LogP contribution is 2.36. The van der Waals surface area contributed by atoms with Crippen molar-refractivity contribution in [1.82, 2.24) is 0 Å². The van der Waals surface area contributed by atoms with Gasteiger partial charge in [0.1, 0.15) is 11.5 Å². The van der Waals surface area contributed by atoms with Crippen molar-refractivity contribution >= 4 is 17.7 Å². The van der Waals surface area contributed by atoms with E-state index in [-0.39, 0.29) is 23.6 Å². The van der Waals surface area contributed by atoms with E-state index in [0.717, 1.165) is 6.42 Å². The summed E-state index contributed by atoms with van der Waals surface area (Å²) in [6.07, 6.45) is 0.695. The molecule has 0 N–H and O–H groups in total. The molecule has 4 unspecified atom stereocenters. The molecule has 0 radical (unpaired) electrons. The molecule has 0 aromatic heterocycles. The Morgan fingerprint density at radius 3 is 2.58 bits per heavy atom. The molecule has 0 bridgehead atoms. The Morgan fingerprint density at radius 1 is 1.32 bits per heavy atom. The lowest BCUT2D eigenvalue weighted by Crippen LogP contribution is -2.43. The minimum atomic E-state index is -0.235. The van der Waals surface area contributed by atoms with Gasteiger partial charge in [0.25, 0.3) is 0 Å². The van der Waals surface area contributed by atoms with E-state index in [1.54, 1.807) is 11.8 Å². The monoisotopic (exact) mass is 280 g/mol. The van der Waals surface area contributed by atoms with Gasteiger partial charge in [-0.25, -0.2) is 0 Å². The fourth-order valence-corrected chi connectivity index (χ4v) is 3.65. The van der Waals surface area contributed by atoms with Gasteiger partial charge in [0, 0.05) is 11.8 Å². The van der Waals surface area contributed by atoms with Crippen LogP contribution in [0.3, 0.4) is 0 Å². The van der Waals surface area contributed by atoms with Crippen molar-refractivity contribution in [3.8, 4) is 0 Å². The summed E-state index contributed by atoms with van der Waals surface area (Å²) in [5.74, 6) is 0.0790. The highest BCUT2D eigenvalue weighted by molar-refractivity contribution is 7.99. The normalized spacial score (nSPS) is 30.9. The number of rotatable bonds is 3. The number of carbonyl (C=O) groups excluding carboxylic acids is 1. The van der Waals surface area contributed by atoms with E-state index < -0.39 is 0 Å². The van der Waals surface area contributed by atoms with Gasteiger partial charge in [0.05, 0.1) is 6.10 Å². The van der Waals surface area contributed by atoms with Crippen molar-refractivity contribution in [1.29, 1.82) is 0 Å². The first-order chi connectivity index (χ1) is 9.06. The number of hydrogen-bond donors (Lipinski definition) is 0. The summed E-state index contributed by atoms with van der Waals surface area (Å²) in [6, 6.07) is 10.2. The van der Waals surface area contributed by atoms with Crippen LogP contribution in [-0.2, 0) is 14.3 Å². The lowest BCUT2D eigenvalue weighted by molar-refractivity contribution is -0.169. The molecule has 19 heavy (non-hydrogen) atoms. The van der Waals surface area contributed by atoms with E-state index in [2.05, 4.69) is 19.1 Å². The van der Waals surface area contributed by atoms with Crippen LogP contribution in [0.5, 0.6) is 0 Å². The van der Waals surface area contributed by atoms with Gasteiger partial charge >= 0.3 is 5.97 Å². The second-order valence-corrected chi connectivity index (χ2v) is 6.22. The molecule has 1 aromatic carbocycles. The Balaban J connectivity index is 1.95. The maximum atomic E-state index is 11.1. The van der Waals surface area contributed by atoms with Gasteiger partial charge in [-0.3, -0.25) is 4.79 Å². The maximum absolute atomic E-state index is 11.1. The summed E-state index contributed by atoms with van der Waals surface area (Å²) in [4.78, 5) is 12.3. The van der Waals surface area contributed by atoms with Gasteiger partial charge in [0.15, 0.2) is 0 Å². The predicted octanol–water partition coefficient (Wildman–Crippen LogP) is 3.48. The molecule has 0 aliphatic carbocycles. The number of esters is 1. The largest absolute Gasteiger partial charge is 0.460 e. The molecule has 2 rings (SSSR count). The first-order valence-electron chi connectivity index (χ1n) is 6.60. The molecule has 104 valence electrons. The molecule has 4 atom stereocenters. The van der Waals surface area contributed by atoms with Gasteiger partial charge in [-0.2, -0.15) is 0 Å². The second-order valence-electron chi connectivity index (χ2n) is 4.99. The Kier molecular flexibility index (Phi) is 4.88. The molecule has 0 spiro atoms. The van der Waals surface area contributed by atoms with Crippen LogP contribution in [0.4, 0.5) is 0 Å². The van der Waals surface area contributed by atoms with Crippen LogP contribution in [0.15, 0.2) is 35.2 Å². The molecule has 1 heterocycles. The Hall–Kier alpha value is -1.00. The first-order valence-corrected chi connectivity index (χ1v) is 7.48. The molecule has 1 aliphatic heterocycles. The molecular weight excluding hydrogens is 260 g/mol. The third kappa shape index (κ3) is 3.98. The maximum Gasteiger partial charge on any atom is 0.303 e. The minimum absolute atomic E-state index is 0.0612. The molecule has 1 aliphatic rings. The summed E-state index contributed by atoms with van der Waals surface area (Å²) in [5.41, 5.74) is 0.124. The number of ether oxygens (including phenoxy) is 2.